The van der Waals surface area contributed by atoms with E-state index >= 15 is 0 Å². The van der Waals surface area contributed by atoms with Gasteiger partial charge < -0.3 is 14.7 Å². The summed E-state index contributed by atoms with van der Waals surface area (Å²) in [5.74, 6) is 5.53. The molecule has 0 bridgehead atoms. The molecule has 2 aromatic rings. The number of ether oxygens (including phenoxy) is 1. The molecule has 1 heterocycles. The summed E-state index contributed by atoms with van der Waals surface area (Å²) in [6.07, 6.45) is 3.71. The number of esters is 1. The number of nitrogens with zero attached hydrogens (tertiary/aromatic N) is 3. The van der Waals surface area contributed by atoms with Gasteiger partial charge in [-0.2, -0.15) is 0 Å². The van der Waals surface area contributed by atoms with Crippen LogP contribution < -0.4 is 0 Å². The van der Waals surface area contributed by atoms with E-state index < -0.39 is 12.1 Å². The normalized spacial score (nSPS) is 10.4. The third-order valence-electron chi connectivity index (χ3n) is 3.94. The van der Waals surface area contributed by atoms with Crippen LogP contribution in [0.2, 0.25) is 0 Å². The second-order valence-corrected chi connectivity index (χ2v) is 6.67. The molecule has 0 saturated carbocycles. The molecule has 0 aliphatic heterocycles. The smallest absolute Gasteiger partial charge is 0.357 e. The number of hydrogen-bond acceptors (Lipinski definition) is 6. The van der Waals surface area contributed by atoms with Crippen molar-refractivity contribution in [3.8, 4) is 23.2 Å². The Kier molecular flexibility index (Phi) is 11.1. The van der Waals surface area contributed by atoms with Crippen LogP contribution in [0.15, 0.2) is 37.4 Å². The zero-order chi connectivity index (χ0) is 24.1. The molecule has 0 aliphatic carbocycles. The number of carbonyl (C=O) groups is 2. The summed E-state index contributed by atoms with van der Waals surface area (Å²) in [7, 11) is 3.38. The number of aliphatic hydroxyl groups is 1. The maximum atomic E-state index is 12.3. The minimum atomic E-state index is -0.667. The highest BCUT2D eigenvalue weighted by Gasteiger charge is 2.19. The summed E-state index contributed by atoms with van der Waals surface area (Å²) in [6, 6.07) is 7.28. The summed E-state index contributed by atoms with van der Waals surface area (Å²) >= 11 is 0. The summed E-state index contributed by atoms with van der Waals surface area (Å²) in [4.78, 5) is 32.1. The van der Waals surface area contributed by atoms with Gasteiger partial charge in [-0.05, 0) is 31.6 Å². The van der Waals surface area contributed by atoms with Gasteiger partial charge in [0.05, 0.1) is 12.3 Å². The van der Waals surface area contributed by atoms with E-state index in [1.807, 2.05) is 25.1 Å². The lowest BCUT2D eigenvalue weighted by Crippen LogP contribution is -2.12. The van der Waals surface area contributed by atoms with Gasteiger partial charge in [-0.3, -0.25) is 4.79 Å². The van der Waals surface area contributed by atoms with Gasteiger partial charge in [-0.25, -0.2) is 14.8 Å². The molecule has 1 atom stereocenters. The molecule has 32 heavy (non-hydrogen) atoms. The Morgan fingerprint density at radius 2 is 1.94 bits per heavy atom. The lowest BCUT2D eigenvalue weighted by atomic mass is 10.1. The average molecular weight is 436 g/mol. The van der Waals surface area contributed by atoms with Crippen LogP contribution in [0.3, 0.4) is 0 Å². The number of rotatable bonds is 7. The zero-order valence-electron chi connectivity index (χ0n) is 19.0. The molecule has 1 amide bonds. The fourth-order valence-electron chi connectivity index (χ4n) is 2.33. The Morgan fingerprint density at radius 1 is 1.25 bits per heavy atom. The van der Waals surface area contributed by atoms with E-state index in [9.17, 15) is 14.7 Å². The number of hydrogen-bond donors (Lipinski definition) is 1. The number of aliphatic hydroxyl groups excluding tert-OH is 1. The summed E-state index contributed by atoms with van der Waals surface area (Å²) in [5.41, 5.74) is 2.53. The zero-order valence-corrected chi connectivity index (χ0v) is 19.0. The quantitative estimate of drug-likeness (QED) is 0.407. The molecule has 2 rings (SSSR count). The molecule has 0 fully saturated rings. The van der Waals surface area contributed by atoms with Crippen molar-refractivity contribution in [2.75, 3.05) is 20.7 Å². The van der Waals surface area contributed by atoms with Crippen molar-refractivity contribution in [1.29, 1.82) is 0 Å². The first kappa shape index (κ1) is 26.3. The molecular weight excluding hydrogens is 406 g/mol. The highest BCUT2D eigenvalue weighted by molar-refractivity contribution is 5.93. The van der Waals surface area contributed by atoms with Gasteiger partial charge in [0.2, 0.25) is 6.41 Å². The molecule has 0 saturated heterocycles. The molecule has 0 spiro atoms. The minimum absolute atomic E-state index is 0.143. The number of carbonyl (C=O) groups excluding carboxylic acids is 2. The van der Waals surface area contributed by atoms with E-state index in [4.69, 9.17) is 4.74 Å². The first-order valence-corrected chi connectivity index (χ1v) is 10.1. The monoisotopic (exact) mass is 435 g/mol. The Labute approximate surface area is 189 Å². The van der Waals surface area contributed by atoms with Crippen LogP contribution in [-0.4, -0.2) is 59.2 Å². The lowest BCUT2D eigenvalue weighted by molar-refractivity contribution is -0.115. The van der Waals surface area contributed by atoms with Crippen LogP contribution in [0.4, 0.5) is 0 Å². The molecule has 0 radical (unpaired) electrons. The van der Waals surface area contributed by atoms with Crippen molar-refractivity contribution in [2.45, 2.75) is 26.4 Å². The lowest BCUT2D eigenvalue weighted by Gasteiger charge is -2.10. The standard InChI is InChI=1S/C22H22N2O3.C3H7NO/c1-5-17(25)13-12-15-10-9-11-16(14-15)21-23-19(7-3)18(6-2)20(24-21)22(26)27-8-4;1-4(2)3-5/h6-7,9-11,14,17,25H,2-3,5,8H2,1,4H3;3H,1-2H3. The van der Waals surface area contributed by atoms with Crippen LogP contribution in [0, 0.1) is 11.8 Å². The van der Waals surface area contributed by atoms with Crippen molar-refractivity contribution in [1.82, 2.24) is 14.9 Å². The fraction of sp³-hybridized carbons (Fsp3) is 0.280. The van der Waals surface area contributed by atoms with Crippen LogP contribution in [0.5, 0.6) is 0 Å². The van der Waals surface area contributed by atoms with Gasteiger partial charge >= 0.3 is 5.97 Å². The van der Waals surface area contributed by atoms with Gasteiger partial charge in [0.15, 0.2) is 11.5 Å². The third kappa shape index (κ3) is 7.82. The Morgan fingerprint density at radius 3 is 2.47 bits per heavy atom. The van der Waals surface area contributed by atoms with Crippen molar-refractivity contribution >= 4 is 24.5 Å². The maximum Gasteiger partial charge on any atom is 0.357 e. The number of aromatic nitrogens is 2. The highest BCUT2D eigenvalue weighted by atomic mass is 16.5. The van der Waals surface area contributed by atoms with Crippen molar-refractivity contribution in [3.63, 3.8) is 0 Å². The van der Waals surface area contributed by atoms with Crippen LogP contribution >= 0.6 is 0 Å². The predicted molar refractivity (Wildman–Crippen MR) is 127 cm³/mol. The fourth-order valence-corrected chi connectivity index (χ4v) is 2.33. The average Bonchev–Trinajstić information content (AvgIpc) is 2.82. The molecule has 1 N–H and O–H groups in total. The van der Waals surface area contributed by atoms with E-state index in [1.165, 1.54) is 11.0 Å². The Balaban J connectivity index is 0.000000920. The van der Waals surface area contributed by atoms with Crippen molar-refractivity contribution in [2.24, 2.45) is 0 Å². The van der Waals surface area contributed by atoms with E-state index in [1.54, 1.807) is 33.2 Å². The summed E-state index contributed by atoms with van der Waals surface area (Å²) in [6.45, 7) is 11.3. The minimum Gasteiger partial charge on any atom is -0.461 e. The van der Waals surface area contributed by atoms with Gasteiger partial charge in [-0.1, -0.05) is 50.1 Å². The van der Waals surface area contributed by atoms with Gasteiger partial charge in [0.25, 0.3) is 0 Å². The van der Waals surface area contributed by atoms with Gasteiger partial charge in [0.1, 0.15) is 6.10 Å². The Hall–Kier alpha value is -3.76. The van der Waals surface area contributed by atoms with E-state index in [0.717, 1.165) is 6.41 Å². The van der Waals surface area contributed by atoms with E-state index in [2.05, 4.69) is 35.0 Å². The van der Waals surface area contributed by atoms with E-state index in [0.29, 0.717) is 34.6 Å². The number of benzene rings is 1. The van der Waals surface area contributed by atoms with Crippen LogP contribution in [0.1, 0.15) is 47.6 Å². The van der Waals surface area contributed by atoms with Crippen LogP contribution in [-0.2, 0) is 9.53 Å². The maximum absolute atomic E-state index is 12.3. The molecule has 168 valence electrons. The van der Waals surface area contributed by atoms with Crippen molar-refractivity contribution in [3.05, 3.63) is 59.9 Å². The van der Waals surface area contributed by atoms with Gasteiger partial charge in [-0.15, -0.1) is 0 Å². The summed E-state index contributed by atoms with van der Waals surface area (Å²) < 4.78 is 5.10. The van der Waals surface area contributed by atoms with Gasteiger partial charge in [0, 0.05) is 30.8 Å². The second kappa shape index (κ2) is 13.5. The first-order chi connectivity index (χ1) is 15.3. The highest BCUT2D eigenvalue weighted by Crippen LogP contribution is 2.22. The topological polar surface area (TPSA) is 92.6 Å². The van der Waals surface area contributed by atoms with E-state index in [-0.39, 0.29) is 12.3 Å². The number of amides is 1. The second-order valence-electron chi connectivity index (χ2n) is 6.67. The molecule has 7 heteroatoms. The Bertz CT molecular complexity index is 1020. The van der Waals surface area contributed by atoms with Crippen LogP contribution in [0.25, 0.3) is 23.5 Å². The molecule has 0 aliphatic rings. The molecule has 7 nitrogen and oxygen atoms in total. The first-order valence-electron chi connectivity index (χ1n) is 10.1. The largest absolute Gasteiger partial charge is 0.461 e. The summed E-state index contributed by atoms with van der Waals surface area (Å²) in [5, 5.41) is 9.61. The molecule has 1 aromatic heterocycles. The molecular formula is C25H29N3O4. The predicted octanol–water partition coefficient (Wildman–Crippen LogP) is 3.43. The molecule has 1 aromatic carbocycles. The third-order valence-corrected chi connectivity index (χ3v) is 3.94. The molecule has 1 unspecified atom stereocenters. The SMILES string of the molecule is C=Cc1nc(-c2cccc(C#CC(O)CC)c2)nc(C(=O)OCC)c1C=C.CN(C)C=O. The van der Waals surface area contributed by atoms with Crippen molar-refractivity contribution < 1.29 is 19.4 Å².